The molecule has 0 aliphatic carbocycles. The summed E-state index contributed by atoms with van der Waals surface area (Å²) in [6.45, 7) is 7.63. The van der Waals surface area contributed by atoms with Gasteiger partial charge in [0.1, 0.15) is 0 Å². The first-order valence-electron chi connectivity index (χ1n) is 9.80. The highest BCUT2D eigenvalue weighted by Crippen LogP contribution is 2.31. The number of anilines is 2. The van der Waals surface area contributed by atoms with Crippen LogP contribution in [0.25, 0.3) is 10.2 Å². The predicted molar refractivity (Wildman–Crippen MR) is 128 cm³/mol. The number of halogens is 1. The van der Waals surface area contributed by atoms with Crippen LogP contribution in [-0.4, -0.2) is 56.1 Å². The first-order valence-corrected chi connectivity index (χ1v) is 11.4. The van der Waals surface area contributed by atoms with Crippen molar-refractivity contribution in [1.82, 2.24) is 9.88 Å². The maximum Gasteiger partial charge on any atom is 0.260 e. The van der Waals surface area contributed by atoms with E-state index in [0.29, 0.717) is 12.1 Å². The van der Waals surface area contributed by atoms with Crippen molar-refractivity contribution in [1.29, 1.82) is 0 Å². The summed E-state index contributed by atoms with van der Waals surface area (Å²) in [6.07, 6.45) is 0. The summed E-state index contributed by atoms with van der Waals surface area (Å²) >= 11 is 5.07. The Morgan fingerprint density at radius 1 is 1.03 bits per heavy atom. The van der Waals surface area contributed by atoms with Gasteiger partial charge < -0.3 is 9.80 Å². The van der Waals surface area contributed by atoms with Gasteiger partial charge in [-0.3, -0.25) is 9.69 Å². The number of amides is 1. The Morgan fingerprint density at radius 3 is 2.34 bits per heavy atom. The summed E-state index contributed by atoms with van der Waals surface area (Å²) in [4.78, 5) is 24.3. The number of thiazole rings is 1. The van der Waals surface area contributed by atoms with Crippen molar-refractivity contribution in [3.63, 3.8) is 0 Å². The molecule has 7 heteroatoms. The molecule has 0 fully saturated rings. The molecule has 1 heterocycles. The van der Waals surface area contributed by atoms with Gasteiger partial charge in [-0.2, -0.15) is 0 Å². The van der Waals surface area contributed by atoms with E-state index in [0.717, 1.165) is 45.1 Å². The number of nitrogens with zero attached hydrogens (tertiary/aromatic N) is 4. The summed E-state index contributed by atoms with van der Waals surface area (Å²) in [5.74, 6) is -0.0133. The molecular weight excluding hydrogens is 448 g/mol. The average Bonchev–Trinajstić information content (AvgIpc) is 3.13. The highest BCUT2D eigenvalue weighted by atomic mass is 79.9. The highest BCUT2D eigenvalue weighted by Gasteiger charge is 2.22. The third-order valence-corrected chi connectivity index (χ3v) is 6.51. The molecule has 0 saturated heterocycles. The van der Waals surface area contributed by atoms with Crippen molar-refractivity contribution in [3.05, 3.63) is 52.5 Å². The molecule has 29 heavy (non-hydrogen) atoms. The Hall–Kier alpha value is -1.96. The van der Waals surface area contributed by atoms with Crippen LogP contribution in [0.4, 0.5) is 10.8 Å². The van der Waals surface area contributed by atoms with E-state index >= 15 is 0 Å². The molecule has 0 spiro atoms. The fourth-order valence-electron chi connectivity index (χ4n) is 3.13. The molecule has 154 valence electrons. The molecule has 0 aliphatic heterocycles. The van der Waals surface area contributed by atoms with Crippen LogP contribution in [0.2, 0.25) is 0 Å². The van der Waals surface area contributed by atoms with Gasteiger partial charge in [0.15, 0.2) is 5.13 Å². The van der Waals surface area contributed by atoms with Gasteiger partial charge >= 0.3 is 0 Å². The highest BCUT2D eigenvalue weighted by molar-refractivity contribution is 9.10. The monoisotopic (exact) mass is 474 g/mol. The number of carbonyl (C=O) groups is 1. The SMILES string of the molecule is CCN(CC)CCN(C(=O)c1ccc(N(C)C)cc1)c1nc2ccc(Br)cc2s1. The Kier molecular flexibility index (Phi) is 7.27. The molecule has 0 radical (unpaired) electrons. The van der Waals surface area contributed by atoms with Crippen LogP contribution in [0.15, 0.2) is 46.9 Å². The molecule has 0 bridgehead atoms. The van der Waals surface area contributed by atoms with Crippen molar-refractivity contribution in [3.8, 4) is 0 Å². The predicted octanol–water partition coefficient (Wildman–Crippen LogP) is 5.11. The smallest absolute Gasteiger partial charge is 0.260 e. The molecule has 0 unspecified atom stereocenters. The zero-order valence-electron chi connectivity index (χ0n) is 17.4. The van der Waals surface area contributed by atoms with E-state index in [1.807, 2.05) is 60.3 Å². The van der Waals surface area contributed by atoms with Crippen molar-refractivity contribution in [2.45, 2.75) is 13.8 Å². The lowest BCUT2D eigenvalue weighted by atomic mass is 10.1. The van der Waals surface area contributed by atoms with Crippen molar-refractivity contribution < 1.29 is 4.79 Å². The number of carbonyl (C=O) groups excluding carboxylic acids is 1. The van der Waals surface area contributed by atoms with Crippen molar-refractivity contribution in [2.24, 2.45) is 0 Å². The van der Waals surface area contributed by atoms with E-state index in [1.54, 1.807) is 11.3 Å². The third kappa shape index (κ3) is 5.15. The zero-order chi connectivity index (χ0) is 21.0. The molecule has 1 aromatic heterocycles. The molecule has 0 saturated carbocycles. The average molecular weight is 475 g/mol. The van der Waals surface area contributed by atoms with Crippen LogP contribution in [0.5, 0.6) is 0 Å². The second-order valence-electron chi connectivity index (χ2n) is 7.03. The maximum absolute atomic E-state index is 13.4. The Morgan fingerprint density at radius 2 is 1.72 bits per heavy atom. The summed E-state index contributed by atoms with van der Waals surface area (Å²) < 4.78 is 2.08. The van der Waals surface area contributed by atoms with Gasteiger partial charge in [-0.1, -0.05) is 41.1 Å². The Balaban J connectivity index is 1.93. The van der Waals surface area contributed by atoms with Crippen LogP contribution in [0.3, 0.4) is 0 Å². The Bertz CT molecular complexity index is 967. The molecule has 0 atom stereocenters. The lowest BCUT2D eigenvalue weighted by Gasteiger charge is -2.25. The number of benzene rings is 2. The minimum atomic E-state index is -0.0133. The van der Waals surface area contributed by atoms with Gasteiger partial charge in [0.2, 0.25) is 0 Å². The fraction of sp³-hybridized carbons (Fsp3) is 0.364. The normalized spacial score (nSPS) is 11.2. The molecule has 3 aromatic rings. The second-order valence-corrected chi connectivity index (χ2v) is 8.96. The van der Waals surface area contributed by atoms with E-state index < -0.39 is 0 Å². The molecular formula is C22H27BrN4OS. The number of hydrogen-bond donors (Lipinski definition) is 0. The molecule has 0 N–H and O–H groups in total. The minimum absolute atomic E-state index is 0.0133. The second kappa shape index (κ2) is 9.69. The number of hydrogen-bond acceptors (Lipinski definition) is 5. The van der Waals surface area contributed by atoms with E-state index in [2.05, 4.69) is 40.7 Å². The quantitative estimate of drug-likeness (QED) is 0.454. The lowest BCUT2D eigenvalue weighted by Crippen LogP contribution is -2.38. The molecule has 2 aromatic carbocycles. The number of fused-ring (bicyclic) bond motifs is 1. The number of aromatic nitrogens is 1. The van der Waals surface area contributed by atoms with Crippen molar-refractivity contribution in [2.75, 3.05) is 50.1 Å². The summed E-state index contributed by atoms with van der Waals surface area (Å²) in [6, 6.07) is 13.8. The lowest BCUT2D eigenvalue weighted by molar-refractivity contribution is 0.0984. The van der Waals surface area contributed by atoms with Gasteiger partial charge in [0.25, 0.3) is 5.91 Å². The van der Waals surface area contributed by atoms with Crippen LogP contribution in [0.1, 0.15) is 24.2 Å². The fourth-order valence-corrected chi connectivity index (χ4v) is 4.67. The summed E-state index contributed by atoms with van der Waals surface area (Å²) in [5.41, 5.74) is 2.66. The number of rotatable bonds is 8. The summed E-state index contributed by atoms with van der Waals surface area (Å²) in [5, 5.41) is 0.743. The van der Waals surface area contributed by atoms with Gasteiger partial charge in [-0.15, -0.1) is 0 Å². The van der Waals surface area contributed by atoms with E-state index in [9.17, 15) is 4.79 Å². The van der Waals surface area contributed by atoms with E-state index in [4.69, 9.17) is 4.98 Å². The molecule has 1 amide bonds. The van der Waals surface area contributed by atoms with Crippen molar-refractivity contribution >= 4 is 54.2 Å². The molecule has 0 aliphatic rings. The molecule has 3 rings (SSSR count). The van der Waals surface area contributed by atoms with E-state index in [-0.39, 0.29) is 5.91 Å². The summed E-state index contributed by atoms with van der Waals surface area (Å²) in [7, 11) is 3.99. The third-order valence-electron chi connectivity index (χ3n) is 4.98. The van der Waals surface area contributed by atoms with Gasteiger partial charge in [-0.25, -0.2) is 4.98 Å². The first kappa shape index (κ1) is 21.7. The Labute approximate surface area is 185 Å². The van der Waals surface area contributed by atoms with Crippen LogP contribution < -0.4 is 9.80 Å². The van der Waals surface area contributed by atoms with Gasteiger partial charge in [-0.05, 0) is 55.6 Å². The zero-order valence-corrected chi connectivity index (χ0v) is 19.8. The minimum Gasteiger partial charge on any atom is -0.378 e. The largest absolute Gasteiger partial charge is 0.378 e. The van der Waals surface area contributed by atoms with Gasteiger partial charge in [0, 0.05) is 42.9 Å². The topological polar surface area (TPSA) is 39.7 Å². The van der Waals surface area contributed by atoms with Crippen LogP contribution in [0, 0.1) is 0 Å². The molecule has 5 nitrogen and oxygen atoms in total. The first-order chi connectivity index (χ1) is 13.9. The number of likely N-dealkylation sites (N-methyl/N-ethyl adjacent to an activating group) is 1. The van der Waals surface area contributed by atoms with E-state index in [1.165, 1.54) is 0 Å². The van der Waals surface area contributed by atoms with Crippen LogP contribution >= 0.6 is 27.3 Å². The van der Waals surface area contributed by atoms with Crippen LogP contribution in [-0.2, 0) is 0 Å². The van der Waals surface area contributed by atoms with Gasteiger partial charge in [0.05, 0.1) is 10.2 Å². The standard InChI is InChI=1S/C22H27BrN4OS/c1-5-26(6-2)13-14-27(21(28)16-7-10-18(11-8-16)25(3)4)22-24-19-12-9-17(23)15-20(19)29-22/h7-12,15H,5-6,13-14H2,1-4H3. The maximum atomic E-state index is 13.4.